The minimum absolute atomic E-state index is 0. The van der Waals surface area contributed by atoms with Crippen LogP contribution in [0.25, 0.3) is 17.0 Å². The molecule has 0 unspecified atom stereocenters. The van der Waals surface area contributed by atoms with Crippen LogP contribution >= 0.6 is 0 Å². The highest BCUT2D eigenvalue weighted by Crippen LogP contribution is 2.21. The van der Waals surface area contributed by atoms with E-state index in [0.29, 0.717) is 28.3 Å². The number of carboxylic acid groups (broad SMARTS) is 1. The van der Waals surface area contributed by atoms with Crippen molar-refractivity contribution in [3.63, 3.8) is 0 Å². The van der Waals surface area contributed by atoms with Crippen LogP contribution in [0, 0.1) is 13.8 Å². The first-order valence-corrected chi connectivity index (χ1v) is 6.92. The minimum atomic E-state index is -1.18. The Labute approximate surface area is 137 Å². The molecule has 0 aliphatic carbocycles. The summed E-state index contributed by atoms with van der Waals surface area (Å²) in [7, 11) is 1.56. The fraction of sp³-hybridized carbons (Fsp3) is 0.188. The van der Waals surface area contributed by atoms with Crippen LogP contribution in [-0.4, -0.2) is 32.7 Å². The van der Waals surface area contributed by atoms with Crippen molar-refractivity contribution in [3.8, 4) is 11.7 Å². The summed E-state index contributed by atoms with van der Waals surface area (Å²) in [4.78, 5) is 31.0. The Morgan fingerprint density at radius 1 is 1.33 bits per heavy atom. The second kappa shape index (κ2) is 6.17. The number of hydrogen-bond acceptors (Lipinski definition) is 5. The summed E-state index contributed by atoms with van der Waals surface area (Å²) >= 11 is 0. The van der Waals surface area contributed by atoms with Gasteiger partial charge in [-0.2, -0.15) is 0 Å². The van der Waals surface area contributed by atoms with Crippen molar-refractivity contribution in [2.24, 2.45) is 0 Å². The lowest BCUT2D eigenvalue weighted by molar-refractivity contribution is 0.0686. The SMILES string of the molecule is COc1ccc2nc(-n3cc(C)c(=O)c(C)c3C(=O)O)[nH]c2c1.N. The normalized spacial score (nSPS) is 10.5. The summed E-state index contributed by atoms with van der Waals surface area (Å²) in [5, 5.41) is 9.46. The van der Waals surface area contributed by atoms with Gasteiger partial charge in [0.15, 0.2) is 5.43 Å². The Bertz CT molecular complexity index is 988. The summed E-state index contributed by atoms with van der Waals surface area (Å²) in [5.41, 5.74) is 1.62. The number of hydrogen-bond donors (Lipinski definition) is 3. The van der Waals surface area contributed by atoms with E-state index in [2.05, 4.69) is 9.97 Å². The number of H-pyrrole nitrogens is 1. The van der Waals surface area contributed by atoms with E-state index in [0.717, 1.165) is 0 Å². The molecule has 2 heterocycles. The van der Waals surface area contributed by atoms with Gasteiger partial charge < -0.3 is 21.0 Å². The average Bonchev–Trinajstić information content (AvgIpc) is 2.94. The summed E-state index contributed by atoms with van der Waals surface area (Å²) in [6, 6.07) is 5.32. The molecule has 0 atom stereocenters. The number of benzene rings is 1. The third-order valence-electron chi connectivity index (χ3n) is 3.72. The van der Waals surface area contributed by atoms with Crippen LogP contribution in [0.15, 0.2) is 29.2 Å². The van der Waals surface area contributed by atoms with E-state index in [1.807, 2.05) is 0 Å². The molecule has 0 radical (unpaired) electrons. The van der Waals surface area contributed by atoms with Crippen molar-refractivity contribution in [3.05, 3.63) is 51.4 Å². The third-order valence-corrected chi connectivity index (χ3v) is 3.72. The number of nitrogens with one attached hydrogen (secondary N) is 1. The first-order valence-electron chi connectivity index (χ1n) is 6.92. The number of aromatic amines is 1. The van der Waals surface area contributed by atoms with Crippen LogP contribution < -0.4 is 16.3 Å². The molecule has 0 saturated carbocycles. The zero-order valence-electron chi connectivity index (χ0n) is 13.6. The smallest absolute Gasteiger partial charge is 0.353 e. The Kier molecular flexibility index (Phi) is 4.43. The van der Waals surface area contributed by atoms with E-state index >= 15 is 0 Å². The van der Waals surface area contributed by atoms with Gasteiger partial charge in [0.05, 0.1) is 18.1 Å². The zero-order chi connectivity index (χ0) is 16.7. The van der Waals surface area contributed by atoms with Crippen molar-refractivity contribution >= 4 is 17.0 Å². The third kappa shape index (κ3) is 2.63. The summed E-state index contributed by atoms with van der Waals surface area (Å²) < 4.78 is 6.55. The van der Waals surface area contributed by atoms with E-state index in [-0.39, 0.29) is 22.8 Å². The zero-order valence-corrected chi connectivity index (χ0v) is 13.6. The number of rotatable bonds is 3. The lowest BCUT2D eigenvalue weighted by Crippen LogP contribution is -2.22. The van der Waals surface area contributed by atoms with Crippen molar-refractivity contribution in [1.82, 2.24) is 20.7 Å². The number of aromatic nitrogens is 3. The fourth-order valence-corrected chi connectivity index (χ4v) is 2.55. The van der Waals surface area contributed by atoms with Crippen molar-refractivity contribution in [2.45, 2.75) is 13.8 Å². The maximum absolute atomic E-state index is 12.0. The second-order valence-corrected chi connectivity index (χ2v) is 5.23. The molecule has 8 heteroatoms. The Morgan fingerprint density at radius 3 is 2.67 bits per heavy atom. The van der Waals surface area contributed by atoms with Crippen LogP contribution in [0.1, 0.15) is 21.6 Å². The average molecular weight is 330 g/mol. The van der Waals surface area contributed by atoms with Crippen molar-refractivity contribution in [2.75, 3.05) is 7.11 Å². The molecule has 0 saturated heterocycles. The van der Waals surface area contributed by atoms with Gasteiger partial charge in [0, 0.05) is 23.4 Å². The van der Waals surface area contributed by atoms with Crippen LogP contribution in [0.3, 0.4) is 0 Å². The quantitative estimate of drug-likeness (QED) is 0.674. The maximum Gasteiger partial charge on any atom is 0.353 e. The lowest BCUT2D eigenvalue weighted by Gasteiger charge is -2.11. The largest absolute Gasteiger partial charge is 0.497 e. The molecule has 0 fully saturated rings. The molecule has 0 amide bonds. The van der Waals surface area contributed by atoms with Gasteiger partial charge in [-0.25, -0.2) is 9.78 Å². The molecule has 5 N–H and O–H groups in total. The molecule has 3 aromatic rings. The van der Waals surface area contributed by atoms with Gasteiger partial charge >= 0.3 is 5.97 Å². The Morgan fingerprint density at radius 2 is 2.04 bits per heavy atom. The van der Waals surface area contributed by atoms with Crippen LogP contribution in [0.2, 0.25) is 0 Å². The van der Waals surface area contributed by atoms with Crippen LogP contribution in [-0.2, 0) is 0 Å². The number of carbonyl (C=O) groups is 1. The fourth-order valence-electron chi connectivity index (χ4n) is 2.55. The van der Waals surface area contributed by atoms with Gasteiger partial charge in [-0.1, -0.05) is 0 Å². The molecule has 8 nitrogen and oxygen atoms in total. The summed E-state index contributed by atoms with van der Waals surface area (Å²) in [6.07, 6.45) is 1.48. The van der Waals surface area contributed by atoms with E-state index in [1.54, 1.807) is 32.2 Å². The summed E-state index contributed by atoms with van der Waals surface area (Å²) in [6.45, 7) is 3.14. The number of fused-ring (bicyclic) bond motifs is 1. The molecule has 0 spiro atoms. The first kappa shape index (κ1) is 17.2. The van der Waals surface area contributed by atoms with Gasteiger partial charge in [-0.05, 0) is 26.0 Å². The van der Waals surface area contributed by atoms with E-state index in [1.165, 1.54) is 17.7 Å². The topological polar surface area (TPSA) is 132 Å². The highest BCUT2D eigenvalue weighted by molar-refractivity contribution is 5.88. The first-order chi connectivity index (χ1) is 10.9. The number of nitrogens with zero attached hydrogens (tertiary/aromatic N) is 2. The lowest BCUT2D eigenvalue weighted by atomic mass is 10.1. The monoisotopic (exact) mass is 330 g/mol. The number of aromatic carboxylic acids is 1. The number of pyridine rings is 1. The predicted molar refractivity (Wildman–Crippen MR) is 89.7 cm³/mol. The van der Waals surface area contributed by atoms with Gasteiger partial charge in [0.25, 0.3) is 0 Å². The molecular formula is C16H18N4O4. The minimum Gasteiger partial charge on any atom is -0.497 e. The number of ether oxygens (including phenoxy) is 1. The number of methoxy groups -OCH3 is 1. The maximum atomic E-state index is 12.0. The van der Waals surface area contributed by atoms with Gasteiger partial charge in [0.2, 0.25) is 5.95 Å². The van der Waals surface area contributed by atoms with Crippen molar-refractivity contribution in [1.29, 1.82) is 0 Å². The highest BCUT2D eigenvalue weighted by Gasteiger charge is 2.19. The van der Waals surface area contributed by atoms with Crippen molar-refractivity contribution < 1.29 is 14.6 Å². The Hall–Kier alpha value is -3.13. The van der Waals surface area contributed by atoms with Gasteiger partial charge in [-0.15, -0.1) is 0 Å². The molecule has 126 valence electrons. The molecular weight excluding hydrogens is 312 g/mol. The molecule has 3 rings (SSSR count). The molecule has 0 aliphatic rings. The van der Waals surface area contributed by atoms with Gasteiger partial charge in [0.1, 0.15) is 11.4 Å². The number of carboxylic acids is 1. The number of imidazole rings is 1. The molecule has 0 bridgehead atoms. The molecule has 1 aromatic carbocycles. The Balaban J connectivity index is 0.00000208. The van der Waals surface area contributed by atoms with E-state index in [9.17, 15) is 14.7 Å². The van der Waals surface area contributed by atoms with Crippen LogP contribution in [0.4, 0.5) is 0 Å². The standard InChI is InChI=1S/C16H15N3O4.H3N/c1-8-7-19(13(15(21)22)9(2)14(8)20)16-17-11-5-4-10(23-3)6-12(11)18-16;/h4-7H,1-3H3,(H,17,18)(H,21,22);1H3. The van der Waals surface area contributed by atoms with Gasteiger partial charge in [-0.3, -0.25) is 9.36 Å². The molecule has 24 heavy (non-hydrogen) atoms. The van der Waals surface area contributed by atoms with E-state index in [4.69, 9.17) is 4.74 Å². The van der Waals surface area contributed by atoms with Crippen LogP contribution in [0.5, 0.6) is 5.75 Å². The molecule has 0 aliphatic heterocycles. The summed E-state index contributed by atoms with van der Waals surface area (Å²) in [5.74, 6) is -0.187. The van der Waals surface area contributed by atoms with E-state index < -0.39 is 5.97 Å². The number of aryl methyl sites for hydroxylation is 1. The molecule has 2 aromatic heterocycles. The highest BCUT2D eigenvalue weighted by atomic mass is 16.5. The second-order valence-electron chi connectivity index (χ2n) is 5.23. The predicted octanol–water partition coefficient (Wildman–Crippen LogP) is 2.20.